The molecule has 204 valence electrons. The first-order valence-electron chi connectivity index (χ1n) is 15.1. The van der Waals surface area contributed by atoms with Crippen molar-refractivity contribution in [1.29, 1.82) is 0 Å². The van der Waals surface area contributed by atoms with Gasteiger partial charge in [0.1, 0.15) is 6.61 Å². The van der Waals surface area contributed by atoms with Crippen molar-refractivity contribution >= 4 is 5.97 Å². The lowest BCUT2D eigenvalue weighted by Gasteiger charge is -2.11. The Morgan fingerprint density at radius 2 is 0.882 bits per heavy atom. The highest BCUT2D eigenvalue weighted by Gasteiger charge is 2.09. The summed E-state index contributed by atoms with van der Waals surface area (Å²) in [5.41, 5.74) is 0. The molecular formula is C30H60O4. The normalized spacial score (nSPS) is 13.2. The van der Waals surface area contributed by atoms with E-state index in [4.69, 9.17) is 4.74 Å². The average molecular weight is 485 g/mol. The molecule has 0 saturated heterocycles. The third kappa shape index (κ3) is 26.0. The highest BCUT2D eigenvalue weighted by Crippen LogP contribution is 2.15. The van der Waals surface area contributed by atoms with Crippen molar-refractivity contribution in [2.24, 2.45) is 0 Å². The molecule has 34 heavy (non-hydrogen) atoms. The van der Waals surface area contributed by atoms with Gasteiger partial charge in [-0.15, -0.1) is 0 Å². The summed E-state index contributed by atoms with van der Waals surface area (Å²) in [6, 6.07) is 0. The Hall–Kier alpha value is -0.610. The van der Waals surface area contributed by atoms with Crippen molar-refractivity contribution in [3.63, 3.8) is 0 Å². The predicted molar refractivity (Wildman–Crippen MR) is 145 cm³/mol. The first-order valence-corrected chi connectivity index (χ1v) is 15.1. The highest BCUT2D eigenvalue weighted by atomic mass is 16.5. The van der Waals surface area contributed by atoms with Gasteiger partial charge in [-0.2, -0.15) is 0 Å². The van der Waals surface area contributed by atoms with Crippen LogP contribution in [0.3, 0.4) is 0 Å². The number of aliphatic hydroxyl groups excluding tert-OH is 2. The molecule has 0 aromatic heterocycles. The fraction of sp³-hybridized carbons (Fsp3) is 0.967. The fourth-order valence-electron chi connectivity index (χ4n) is 4.52. The van der Waals surface area contributed by atoms with E-state index in [-0.39, 0.29) is 18.7 Å². The lowest BCUT2D eigenvalue weighted by Crippen LogP contribution is -2.18. The summed E-state index contributed by atoms with van der Waals surface area (Å²) in [5, 5.41) is 20.0. The van der Waals surface area contributed by atoms with E-state index in [0.29, 0.717) is 6.42 Å². The van der Waals surface area contributed by atoms with Gasteiger partial charge < -0.3 is 14.9 Å². The van der Waals surface area contributed by atoms with Gasteiger partial charge in [0.05, 0.1) is 12.2 Å². The van der Waals surface area contributed by atoms with Crippen molar-refractivity contribution in [3.8, 4) is 0 Å². The summed E-state index contributed by atoms with van der Waals surface area (Å²) in [6.07, 6.45) is 26.8. The molecular weight excluding hydrogens is 424 g/mol. The molecule has 0 radical (unpaired) electrons. The average Bonchev–Trinajstić information content (AvgIpc) is 2.83. The summed E-state index contributed by atoms with van der Waals surface area (Å²) in [5.74, 6) is -0.164. The molecule has 2 unspecified atom stereocenters. The molecule has 2 N–H and O–H groups in total. The minimum Gasteiger partial charge on any atom is -0.463 e. The van der Waals surface area contributed by atoms with Crippen LogP contribution in [-0.2, 0) is 9.53 Å². The van der Waals surface area contributed by atoms with E-state index >= 15 is 0 Å². The molecule has 4 heteroatoms. The number of unbranched alkanes of at least 4 members (excludes halogenated alkanes) is 17. The zero-order chi connectivity index (χ0) is 25.1. The predicted octanol–water partition coefficient (Wildman–Crippen LogP) is 8.65. The summed E-state index contributed by atoms with van der Waals surface area (Å²) < 4.78 is 5.24. The van der Waals surface area contributed by atoms with Gasteiger partial charge in [-0.3, -0.25) is 4.79 Å². The molecule has 0 aliphatic rings. The first-order chi connectivity index (χ1) is 16.6. The van der Waals surface area contributed by atoms with Crippen LogP contribution in [-0.4, -0.2) is 35.0 Å². The summed E-state index contributed by atoms with van der Waals surface area (Å²) in [7, 11) is 0. The maximum absolute atomic E-state index is 11.9. The van der Waals surface area contributed by atoms with Gasteiger partial charge in [0, 0.05) is 6.42 Å². The van der Waals surface area contributed by atoms with Crippen molar-refractivity contribution < 1.29 is 19.7 Å². The third-order valence-electron chi connectivity index (χ3n) is 6.89. The van der Waals surface area contributed by atoms with Crippen LogP contribution in [0, 0.1) is 0 Å². The van der Waals surface area contributed by atoms with Crippen molar-refractivity contribution in [2.45, 2.75) is 180 Å². The van der Waals surface area contributed by atoms with Gasteiger partial charge in [-0.1, -0.05) is 136 Å². The van der Waals surface area contributed by atoms with Crippen LogP contribution in [0.4, 0.5) is 0 Å². The van der Waals surface area contributed by atoms with Crippen LogP contribution in [0.2, 0.25) is 0 Å². The topological polar surface area (TPSA) is 66.8 Å². The second kappa shape index (κ2) is 27.0. The van der Waals surface area contributed by atoms with Crippen molar-refractivity contribution in [1.82, 2.24) is 0 Å². The van der Waals surface area contributed by atoms with Crippen LogP contribution in [0.1, 0.15) is 168 Å². The second-order valence-corrected chi connectivity index (χ2v) is 10.5. The van der Waals surface area contributed by atoms with Gasteiger partial charge in [-0.25, -0.2) is 0 Å². The van der Waals surface area contributed by atoms with E-state index in [1.54, 1.807) is 0 Å². The highest BCUT2D eigenvalue weighted by molar-refractivity contribution is 5.69. The maximum atomic E-state index is 11.9. The van der Waals surface area contributed by atoms with Crippen LogP contribution < -0.4 is 0 Å². The van der Waals surface area contributed by atoms with Gasteiger partial charge in [0.2, 0.25) is 0 Å². The molecule has 0 spiro atoms. The Kier molecular flexibility index (Phi) is 26.5. The van der Waals surface area contributed by atoms with Gasteiger partial charge in [-0.05, 0) is 25.7 Å². The number of hydrogen-bond acceptors (Lipinski definition) is 4. The molecule has 4 nitrogen and oxygen atoms in total. The Morgan fingerprint density at radius 3 is 1.35 bits per heavy atom. The number of ether oxygens (including phenoxy) is 1. The standard InChI is InChI=1S/C30H60O4/c1-3-5-7-9-10-13-17-21-25-29(32)27-34-30(33)26-22-18-15-12-11-14-16-20-24-28(31)23-19-8-6-4-2/h28-29,31-32H,3-27H2,1-2H3. The van der Waals surface area contributed by atoms with E-state index in [0.717, 1.165) is 51.4 Å². The molecule has 0 bridgehead atoms. The van der Waals surface area contributed by atoms with Crippen LogP contribution in [0.25, 0.3) is 0 Å². The zero-order valence-corrected chi connectivity index (χ0v) is 23.0. The molecule has 0 aliphatic heterocycles. The quantitative estimate of drug-likeness (QED) is 0.0904. The summed E-state index contributed by atoms with van der Waals surface area (Å²) >= 11 is 0. The van der Waals surface area contributed by atoms with Crippen LogP contribution >= 0.6 is 0 Å². The minimum absolute atomic E-state index is 0.0946. The van der Waals surface area contributed by atoms with Crippen LogP contribution in [0.15, 0.2) is 0 Å². The number of rotatable bonds is 27. The largest absolute Gasteiger partial charge is 0.463 e. The molecule has 0 heterocycles. The summed E-state index contributed by atoms with van der Waals surface area (Å²) in [4.78, 5) is 11.9. The van der Waals surface area contributed by atoms with E-state index in [9.17, 15) is 15.0 Å². The third-order valence-corrected chi connectivity index (χ3v) is 6.89. The molecule has 0 aromatic carbocycles. The van der Waals surface area contributed by atoms with E-state index in [1.165, 1.54) is 96.3 Å². The number of esters is 1. The molecule has 2 atom stereocenters. The van der Waals surface area contributed by atoms with E-state index in [2.05, 4.69) is 13.8 Å². The molecule has 0 aliphatic carbocycles. The number of hydrogen-bond donors (Lipinski definition) is 2. The van der Waals surface area contributed by atoms with Crippen molar-refractivity contribution in [2.75, 3.05) is 6.61 Å². The first kappa shape index (κ1) is 33.4. The van der Waals surface area contributed by atoms with E-state index in [1.807, 2.05) is 0 Å². The summed E-state index contributed by atoms with van der Waals surface area (Å²) in [6.45, 7) is 4.61. The lowest BCUT2D eigenvalue weighted by molar-refractivity contribution is -0.146. The molecule has 0 saturated carbocycles. The van der Waals surface area contributed by atoms with Gasteiger partial charge in [0.25, 0.3) is 0 Å². The fourth-order valence-corrected chi connectivity index (χ4v) is 4.52. The Labute approximate surface area is 212 Å². The Bertz CT molecular complexity index is 413. The number of carbonyl (C=O) groups is 1. The molecule has 0 amide bonds. The van der Waals surface area contributed by atoms with E-state index < -0.39 is 6.10 Å². The van der Waals surface area contributed by atoms with Gasteiger partial charge in [0.15, 0.2) is 0 Å². The number of aliphatic hydroxyl groups is 2. The van der Waals surface area contributed by atoms with Crippen LogP contribution in [0.5, 0.6) is 0 Å². The Balaban J connectivity index is 3.34. The van der Waals surface area contributed by atoms with Crippen molar-refractivity contribution in [3.05, 3.63) is 0 Å². The lowest BCUT2D eigenvalue weighted by atomic mass is 10.0. The monoisotopic (exact) mass is 484 g/mol. The number of carbonyl (C=O) groups excluding carboxylic acids is 1. The Morgan fingerprint density at radius 1 is 0.529 bits per heavy atom. The SMILES string of the molecule is CCCCCCCCCCC(O)COC(=O)CCCCCCCCCCC(O)CCCCCC. The van der Waals surface area contributed by atoms with Gasteiger partial charge >= 0.3 is 5.97 Å². The molecule has 0 fully saturated rings. The second-order valence-electron chi connectivity index (χ2n) is 10.5. The smallest absolute Gasteiger partial charge is 0.305 e. The molecule has 0 rings (SSSR count). The zero-order valence-electron chi connectivity index (χ0n) is 23.0. The molecule has 0 aromatic rings. The minimum atomic E-state index is -0.508. The maximum Gasteiger partial charge on any atom is 0.305 e.